The smallest absolute Gasteiger partial charge is 0.343 e. The van der Waals surface area contributed by atoms with Gasteiger partial charge in [-0.15, -0.1) is 0 Å². The number of carbonyl (C=O) groups is 2. The summed E-state index contributed by atoms with van der Waals surface area (Å²) in [5.41, 5.74) is 0. The van der Waals surface area contributed by atoms with Crippen LogP contribution in [0.4, 0.5) is 0 Å². The van der Waals surface area contributed by atoms with Crippen LogP contribution in [0.5, 0.6) is 11.5 Å². The molecule has 0 heterocycles. The summed E-state index contributed by atoms with van der Waals surface area (Å²) < 4.78 is 10.4. The first-order valence-electron chi connectivity index (χ1n) is 9.29. The molecule has 0 spiro atoms. The van der Waals surface area contributed by atoms with E-state index in [0.29, 0.717) is 10.8 Å². The molecule has 0 fully saturated rings. The predicted octanol–water partition coefficient (Wildman–Crippen LogP) is 3.23. The monoisotopic (exact) mass is 402 g/mol. The highest BCUT2D eigenvalue weighted by Crippen LogP contribution is 2.27. The molecule has 0 bridgehead atoms. The summed E-state index contributed by atoms with van der Waals surface area (Å²) >= 11 is 0. The third-order valence-corrected chi connectivity index (χ3v) is 4.70. The van der Waals surface area contributed by atoms with Crippen molar-refractivity contribution in [2.45, 2.75) is 12.2 Å². The van der Waals surface area contributed by atoms with Crippen molar-refractivity contribution in [3.8, 4) is 11.5 Å². The Bertz CT molecular complexity index is 1120. The van der Waals surface area contributed by atoms with Crippen molar-refractivity contribution in [1.82, 2.24) is 0 Å². The predicted molar refractivity (Wildman–Crippen MR) is 111 cm³/mol. The molecule has 6 heteroatoms. The Morgan fingerprint density at radius 2 is 0.933 bits per heavy atom. The lowest BCUT2D eigenvalue weighted by Crippen LogP contribution is -2.43. The highest BCUT2D eigenvalue weighted by Gasteiger charge is 2.34. The number of ether oxygens (including phenoxy) is 2. The summed E-state index contributed by atoms with van der Waals surface area (Å²) in [6, 6.07) is 24.7. The van der Waals surface area contributed by atoms with E-state index < -0.39 is 24.1 Å². The molecule has 0 aromatic heterocycles. The number of aliphatic hydroxyl groups is 2. The van der Waals surface area contributed by atoms with Crippen LogP contribution >= 0.6 is 0 Å². The summed E-state index contributed by atoms with van der Waals surface area (Å²) in [6.07, 6.45) is -4.21. The Labute approximate surface area is 171 Å². The Balaban J connectivity index is 1.49. The molecule has 0 saturated carbocycles. The van der Waals surface area contributed by atoms with Gasteiger partial charge >= 0.3 is 11.9 Å². The molecule has 0 saturated heterocycles. The molecule has 0 unspecified atom stereocenters. The molecular weight excluding hydrogens is 384 g/mol. The first kappa shape index (κ1) is 19.6. The van der Waals surface area contributed by atoms with E-state index in [1.54, 1.807) is 48.5 Å². The second-order valence-electron chi connectivity index (χ2n) is 6.69. The third-order valence-electron chi connectivity index (χ3n) is 4.70. The van der Waals surface area contributed by atoms with Gasteiger partial charge in [0.2, 0.25) is 0 Å². The van der Waals surface area contributed by atoms with Crippen molar-refractivity contribution in [2.24, 2.45) is 0 Å². The molecule has 30 heavy (non-hydrogen) atoms. The van der Waals surface area contributed by atoms with Crippen molar-refractivity contribution in [2.75, 3.05) is 0 Å². The normalized spacial score (nSPS) is 13.0. The Hall–Kier alpha value is -3.74. The lowest BCUT2D eigenvalue weighted by atomic mass is 10.1. The number of aliphatic hydroxyl groups excluding tert-OH is 2. The van der Waals surface area contributed by atoms with E-state index in [-0.39, 0.29) is 11.5 Å². The average Bonchev–Trinajstić information content (AvgIpc) is 2.78. The number of fused-ring (bicyclic) bond motifs is 2. The molecule has 4 aromatic rings. The minimum Gasteiger partial charge on any atom is -0.424 e. The zero-order chi connectivity index (χ0) is 21.1. The fraction of sp³-hybridized carbons (Fsp3) is 0.0833. The van der Waals surface area contributed by atoms with E-state index in [4.69, 9.17) is 9.47 Å². The third kappa shape index (κ3) is 3.87. The fourth-order valence-electron chi connectivity index (χ4n) is 3.16. The number of rotatable bonds is 5. The van der Waals surface area contributed by atoms with E-state index in [2.05, 4.69) is 0 Å². The highest BCUT2D eigenvalue weighted by atomic mass is 16.6. The van der Waals surface area contributed by atoms with Crippen LogP contribution in [0.15, 0.2) is 84.9 Å². The first-order chi connectivity index (χ1) is 14.5. The second kappa shape index (κ2) is 8.32. The van der Waals surface area contributed by atoms with Gasteiger partial charge in [-0.1, -0.05) is 72.8 Å². The summed E-state index contributed by atoms with van der Waals surface area (Å²) in [5.74, 6) is -1.89. The van der Waals surface area contributed by atoms with E-state index in [1.807, 2.05) is 36.4 Å². The van der Waals surface area contributed by atoms with Crippen LogP contribution in [-0.2, 0) is 9.59 Å². The van der Waals surface area contributed by atoms with Gasteiger partial charge in [0.25, 0.3) is 0 Å². The van der Waals surface area contributed by atoms with Gasteiger partial charge in [0.1, 0.15) is 11.5 Å². The van der Waals surface area contributed by atoms with Gasteiger partial charge in [0.15, 0.2) is 12.2 Å². The molecule has 0 aliphatic rings. The minimum atomic E-state index is -2.11. The number of hydrogen-bond acceptors (Lipinski definition) is 6. The zero-order valence-electron chi connectivity index (χ0n) is 15.8. The van der Waals surface area contributed by atoms with Gasteiger partial charge in [-0.25, -0.2) is 9.59 Å². The van der Waals surface area contributed by atoms with Crippen LogP contribution in [0.1, 0.15) is 0 Å². The van der Waals surface area contributed by atoms with Gasteiger partial charge < -0.3 is 19.7 Å². The van der Waals surface area contributed by atoms with E-state index in [9.17, 15) is 19.8 Å². The zero-order valence-corrected chi connectivity index (χ0v) is 15.8. The number of esters is 2. The number of benzene rings is 4. The van der Waals surface area contributed by atoms with Crippen LogP contribution in [0.25, 0.3) is 21.5 Å². The molecule has 4 aromatic carbocycles. The maximum atomic E-state index is 12.3. The number of hydrogen-bond donors (Lipinski definition) is 2. The summed E-state index contributed by atoms with van der Waals surface area (Å²) in [4.78, 5) is 24.7. The average molecular weight is 402 g/mol. The molecule has 0 aliphatic heterocycles. The summed E-state index contributed by atoms with van der Waals surface area (Å²) in [5, 5.41) is 23.3. The summed E-state index contributed by atoms with van der Waals surface area (Å²) in [7, 11) is 0. The van der Waals surface area contributed by atoms with Gasteiger partial charge in [0.05, 0.1) is 0 Å². The molecule has 2 N–H and O–H groups in total. The standard InChI is InChI=1S/C24H18O6/c25-21(23(27)29-19-13-5-9-15-7-1-3-11-17(15)19)22(26)24(28)30-20-14-6-10-16-8-2-4-12-18(16)20/h1-14,21-22,25-26H/t21-,22-/m1/s1. The van der Waals surface area contributed by atoms with Crippen LogP contribution in [0.3, 0.4) is 0 Å². The van der Waals surface area contributed by atoms with Crippen molar-refractivity contribution < 1.29 is 29.3 Å². The molecule has 4 rings (SSSR count). The molecule has 0 radical (unpaired) electrons. The van der Waals surface area contributed by atoms with Crippen LogP contribution < -0.4 is 9.47 Å². The first-order valence-corrected chi connectivity index (χ1v) is 9.29. The van der Waals surface area contributed by atoms with Gasteiger partial charge in [-0.3, -0.25) is 0 Å². The van der Waals surface area contributed by atoms with E-state index in [1.165, 1.54) is 0 Å². The van der Waals surface area contributed by atoms with Crippen molar-refractivity contribution in [1.29, 1.82) is 0 Å². The van der Waals surface area contributed by atoms with Crippen LogP contribution in [0.2, 0.25) is 0 Å². The molecule has 6 nitrogen and oxygen atoms in total. The van der Waals surface area contributed by atoms with Gasteiger partial charge in [0, 0.05) is 10.8 Å². The lowest BCUT2D eigenvalue weighted by Gasteiger charge is -2.17. The van der Waals surface area contributed by atoms with Crippen molar-refractivity contribution in [3.63, 3.8) is 0 Å². The van der Waals surface area contributed by atoms with Gasteiger partial charge in [-0.05, 0) is 22.9 Å². The molecular formula is C24H18O6. The Morgan fingerprint density at radius 1 is 0.567 bits per heavy atom. The quantitative estimate of drug-likeness (QED) is 0.393. The summed E-state index contributed by atoms with van der Waals surface area (Å²) in [6.45, 7) is 0. The van der Waals surface area contributed by atoms with E-state index >= 15 is 0 Å². The Kier molecular flexibility index (Phi) is 5.43. The van der Waals surface area contributed by atoms with Crippen LogP contribution in [0, 0.1) is 0 Å². The fourth-order valence-corrected chi connectivity index (χ4v) is 3.16. The lowest BCUT2D eigenvalue weighted by molar-refractivity contribution is -0.162. The largest absolute Gasteiger partial charge is 0.424 e. The number of carbonyl (C=O) groups excluding carboxylic acids is 2. The maximum absolute atomic E-state index is 12.3. The molecule has 0 aliphatic carbocycles. The molecule has 0 amide bonds. The van der Waals surface area contributed by atoms with Crippen LogP contribution in [-0.4, -0.2) is 34.4 Å². The Morgan fingerprint density at radius 3 is 1.37 bits per heavy atom. The minimum absolute atomic E-state index is 0.215. The van der Waals surface area contributed by atoms with Gasteiger partial charge in [-0.2, -0.15) is 0 Å². The second-order valence-corrected chi connectivity index (χ2v) is 6.69. The van der Waals surface area contributed by atoms with Crippen molar-refractivity contribution in [3.05, 3.63) is 84.9 Å². The topological polar surface area (TPSA) is 93.1 Å². The molecule has 2 atom stereocenters. The van der Waals surface area contributed by atoms with Crippen molar-refractivity contribution >= 4 is 33.5 Å². The van der Waals surface area contributed by atoms with E-state index in [0.717, 1.165) is 10.8 Å². The SMILES string of the molecule is O=C(Oc1cccc2ccccc12)[C@H](O)[C@@H](O)C(=O)Oc1cccc2ccccc12. The highest BCUT2D eigenvalue weighted by molar-refractivity contribution is 5.94. The maximum Gasteiger partial charge on any atom is 0.343 e. The molecule has 150 valence electrons.